The molecule has 0 unspecified atom stereocenters. The largest absolute Gasteiger partial charge is 0.494 e. The van der Waals surface area contributed by atoms with Gasteiger partial charge in [-0.2, -0.15) is 0 Å². The molecule has 1 atom stereocenters. The van der Waals surface area contributed by atoms with Gasteiger partial charge < -0.3 is 24.1 Å². The molecule has 1 aliphatic heterocycles. The molecule has 3 aromatic rings. The van der Waals surface area contributed by atoms with Crippen molar-refractivity contribution < 1.29 is 37.3 Å². The SMILES string of the molecule is COC(=O)C[C@@H]1COc2cc(OCc3cccc(-c4c(C)cc(OCCCS(=O)(=O)CCCO)cc4C)c3)ccc21. The first-order valence-electron chi connectivity index (χ1n) is 13.8. The second kappa shape index (κ2) is 13.9. The Balaban J connectivity index is 1.36. The maximum atomic E-state index is 12.0. The molecule has 3 aromatic carbocycles. The summed E-state index contributed by atoms with van der Waals surface area (Å²) in [5, 5.41) is 8.85. The molecular weight excluding hydrogens is 544 g/mol. The molecule has 220 valence electrons. The summed E-state index contributed by atoms with van der Waals surface area (Å²) in [6.45, 7) is 5.10. The van der Waals surface area contributed by atoms with Crippen LogP contribution in [-0.2, 0) is 26.0 Å². The highest BCUT2D eigenvalue weighted by Gasteiger charge is 2.27. The predicted molar refractivity (Wildman–Crippen MR) is 157 cm³/mol. The first-order valence-corrected chi connectivity index (χ1v) is 15.6. The van der Waals surface area contributed by atoms with E-state index >= 15 is 0 Å². The Kier molecular flexibility index (Phi) is 10.3. The van der Waals surface area contributed by atoms with E-state index in [0.717, 1.165) is 39.1 Å². The van der Waals surface area contributed by atoms with E-state index in [2.05, 4.69) is 12.1 Å². The smallest absolute Gasteiger partial charge is 0.306 e. The number of aliphatic hydroxyl groups is 1. The monoisotopic (exact) mass is 582 g/mol. The quantitative estimate of drug-likeness (QED) is 0.205. The Morgan fingerprint density at radius 2 is 1.73 bits per heavy atom. The van der Waals surface area contributed by atoms with Crippen molar-refractivity contribution in [1.82, 2.24) is 0 Å². The number of aryl methyl sites for hydroxylation is 2. The molecule has 4 rings (SSSR count). The molecule has 9 heteroatoms. The Morgan fingerprint density at radius 3 is 2.46 bits per heavy atom. The molecule has 0 radical (unpaired) electrons. The van der Waals surface area contributed by atoms with E-state index in [0.29, 0.717) is 44.2 Å². The van der Waals surface area contributed by atoms with Crippen molar-refractivity contribution >= 4 is 15.8 Å². The molecular formula is C32H38O8S. The average molecular weight is 583 g/mol. The minimum atomic E-state index is -3.17. The summed E-state index contributed by atoms with van der Waals surface area (Å²) in [6.07, 6.45) is 0.957. The predicted octanol–water partition coefficient (Wildman–Crippen LogP) is 5.15. The zero-order chi connectivity index (χ0) is 29.4. The lowest BCUT2D eigenvalue weighted by Crippen LogP contribution is -2.14. The number of carbonyl (C=O) groups is 1. The third-order valence-corrected chi connectivity index (χ3v) is 8.94. The molecule has 1 heterocycles. The van der Waals surface area contributed by atoms with Gasteiger partial charge in [-0.3, -0.25) is 4.79 Å². The summed E-state index contributed by atoms with van der Waals surface area (Å²) in [6, 6.07) is 17.9. The van der Waals surface area contributed by atoms with Gasteiger partial charge in [-0.05, 0) is 78.8 Å². The third-order valence-electron chi connectivity index (χ3n) is 7.11. The normalized spacial score (nSPS) is 14.3. The van der Waals surface area contributed by atoms with Gasteiger partial charge in [0.15, 0.2) is 9.84 Å². The highest BCUT2D eigenvalue weighted by Crippen LogP contribution is 2.38. The molecule has 0 saturated heterocycles. The number of rotatable bonds is 14. The molecule has 0 fully saturated rings. The Bertz CT molecular complexity index is 1440. The summed E-state index contributed by atoms with van der Waals surface area (Å²) in [5.74, 6) is 1.93. The van der Waals surface area contributed by atoms with Crippen molar-refractivity contribution in [3.8, 4) is 28.4 Å². The number of hydrogen-bond acceptors (Lipinski definition) is 8. The van der Waals surface area contributed by atoms with E-state index in [1.165, 1.54) is 7.11 Å². The number of hydrogen-bond donors (Lipinski definition) is 1. The summed E-state index contributed by atoms with van der Waals surface area (Å²) >= 11 is 0. The van der Waals surface area contributed by atoms with Crippen molar-refractivity contribution in [1.29, 1.82) is 0 Å². The van der Waals surface area contributed by atoms with Crippen LogP contribution in [-0.4, -0.2) is 57.9 Å². The maximum absolute atomic E-state index is 12.0. The lowest BCUT2D eigenvalue weighted by Gasteiger charge is -2.15. The number of aliphatic hydroxyl groups excluding tert-OH is 1. The van der Waals surface area contributed by atoms with E-state index in [4.69, 9.17) is 24.1 Å². The summed E-state index contributed by atoms with van der Waals surface area (Å²) in [4.78, 5) is 11.7. The highest BCUT2D eigenvalue weighted by molar-refractivity contribution is 7.91. The fourth-order valence-corrected chi connectivity index (χ4v) is 6.43. The fraction of sp³-hybridized carbons (Fsp3) is 0.406. The van der Waals surface area contributed by atoms with Gasteiger partial charge in [0.05, 0.1) is 38.3 Å². The van der Waals surface area contributed by atoms with Crippen LogP contribution in [0, 0.1) is 13.8 Å². The molecule has 0 aromatic heterocycles. The topological polar surface area (TPSA) is 108 Å². The van der Waals surface area contributed by atoms with Crippen LogP contribution in [0.25, 0.3) is 11.1 Å². The number of fused-ring (bicyclic) bond motifs is 1. The second-order valence-electron chi connectivity index (χ2n) is 10.3. The number of esters is 1. The van der Waals surface area contributed by atoms with Crippen molar-refractivity contribution in [2.45, 2.75) is 45.6 Å². The van der Waals surface area contributed by atoms with E-state index in [9.17, 15) is 13.2 Å². The molecule has 0 aliphatic carbocycles. The maximum Gasteiger partial charge on any atom is 0.306 e. The van der Waals surface area contributed by atoms with Crippen LogP contribution < -0.4 is 14.2 Å². The molecule has 1 N–H and O–H groups in total. The van der Waals surface area contributed by atoms with Crippen LogP contribution in [0.5, 0.6) is 17.2 Å². The molecule has 1 aliphatic rings. The Labute approximate surface area is 242 Å². The van der Waals surface area contributed by atoms with Gasteiger partial charge in [-0.25, -0.2) is 8.42 Å². The van der Waals surface area contributed by atoms with Gasteiger partial charge in [0, 0.05) is 24.2 Å². The number of methoxy groups -OCH3 is 1. The van der Waals surface area contributed by atoms with Gasteiger partial charge in [0.1, 0.15) is 23.9 Å². The van der Waals surface area contributed by atoms with Gasteiger partial charge in [-0.1, -0.05) is 24.3 Å². The first kappa shape index (κ1) is 30.4. The Hall–Kier alpha value is -3.56. The average Bonchev–Trinajstić information content (AvgIpc) is 3.34. The lowest BCUT2D eigenvalue weighted by molar-refractivity contribution is -0.141. The molecule has 0 bridgehead atoms. The van der Waals surface area contributed by atoms with Crippen LogP contribution in [0.3, 0.4) is 0 Å². The van der Waals surface area contributed by atoms with Crippen molar-refractivity contribution in [3.05, 3.63) is 76.9 Å². The number of sulfone groups is 1. The number of benzene rings is 3. The molecule has 0 amide bonds. The van der Waals surface area contributed by atoms with Gasteiger partial charge in [0.25, 0.3) is 0 Å². The standard InChI is InChI=1S/C32H38O8S/c1-22-15-28(38-12-6-14-41(35,36)13-5-11-33)16-23(2)32(22)25-8-4-7-24(17-25)20-39-27-9-10-29-26(18-31(34)37-3)21-40-30(29)19-27/h4,7-10,15-17,19,26,33H,5-6,11-14,18,20-21H2,1-3H3/t26-/m1/s1. The van der Waals surface area contributed by atoms with E-state index < -0.39 is 9.84 Å². The zero-order valence-corrected chi connectivity index (χ0v) is 24.7. The summed E-state index contributed by atoms with van der Waals surface area (Å²) < 4.78 is 46.5. The third kappa shape index (κ3) is 8.24. The Morgan fingerprint density at radius 1 is 0.976 bits per heavy atom. The van der Waals surface area contributed by atoms with Crippen LogP contribution in [0.1, 0.15) is 47.4 Å². The first-order chi connectivity index (χ1) is 19.7. The van der Waals surface area contributed by atoms with Crippen LogP contribution in [0.2, 0.25) is 0 Å². The number of carbonyl (C=O) groups excluding carboxylic acids is 1. The summed E-state index contributed by atoms with van der Waals surface area (Å²) in [5.41, 5.74) is 6.33. The fourth-order valence-electron chi connectivity index (χ4n) is 5.10. The lowest BCUT2D eigenvalue weighted by atomic mass is 9.94. The van der Waals surface area contributed by atoms with E-state index in [-0.39, 0.29) is 36.4 Å². The highest BCUT2D eigenvalue weighted by atomic mass is 32.2. The molecule has 0 spiro atoms. The van der Waals surface area contributed by atoms with Gasteiger partial charge >= 0.3 is 5.97 Å². The molecule has 8 nitrogen and oxygen atoms in total. The van der Waals surface area contributed by atoms with Crippen molar-refractivity contribution in [2.24, 2.45) is 0 Å². The van der Waals surface area contributed by atoms with Crippen molar-refractivity contribution in [3.63, 3.8) is 0 Å². The second-order valence-corrected chi connectivity index (χ2v) is 12.6. The van der Waals surface area contributed by atoms with Gasteiger partial charge in [-0.15, -0.1) is 0 Å². The zero-order valence-electron chi connectivity index (χ0n) is 23.9. The minimum absolute atomic E-state index is 0.00115. The van der Waals surface area contributed by atoms with Crippen LogP contribution >= 0.6 is 0 Å². The minimum Gasteiger partial charge on any atom is -0.494 e. The van der Waals surface area contributed by atoms with Gasteiger partial charge in [0.2, 0.25) is 0 Å². The molecule has 0 saturated carbocycles. The van der Waals surface area contributed by atoms with Crippen LogP contribution in [0.15, 0.2) is 54.6 Å². The summed E-state index contributed by atoms with van der Waals surface area (Å²) in [7, 11) is -1.78. The molecule has 41 heavy (non-hydrogen) atoms. The number of ether oxygens (including phenoxy) is 4. The van der Waals surface area contributed by atoms with Crippen LogP contribution in [0.4, 0.5) is 0 Å². The van der Waals surface area contributed by atoms with E-state index in [1.807, 2.05) is 56.3 Å². The van der Waals surface area contributed by atoms with Crippen molar-refractivity contribution in [2.75, 3.05) is 38.4 Å². The van der Waals surface area contributed by atoms with E-state index in [1.54, 1.807) is 0 Å².